The second kappa shape index (κ2) is 2.85. The van der Waals surface area contributed by atoms with Crippen LogP contribution < -0.4 is 0 Å². The number of hydrogen-bond acceptors (Lipinski definition) is 5. The zero-order chi connectivity index (χ0) is 10.8. The lowest BCUT2D eigenvalue weighted by atomic mass is 9.77. The molecule has 0 aromatic heterocycles. The highest BCUT2D eigenvalue weighted by molar-refractivity contribution is 5.78. The molecule has 3 saturated heterocycles. The van der Waals surface area contributed by atoms with E-state index >= 15 is 0 Å². The minimum absolute atomic E-state index is 0.0238. The quantitative estimate of drug-likeness (QED) is 0.458. The Morgan fingerprint density at radius 3 is 2.94 bits per heavy atom. The Hall–Kier alpha value is -0.910. The summed E-state index contributed by atoms with van der Waals surface area (Å²) in [5.41, 5.74) is -0.737. The van der Waals surface area contributed by atoms with Crippen LogP contribution in [0.25, 0.3) is 0 Å². The molecule has 16 heavy (non-hydrogen) atoms. The Morgan fingerprint density at radius 1 is 1.31 bits per heavy atom. The van der Waals surface area contributed by atoms with Gasteiger partial charge in [-0.15, -0.1) is 0 Å². The molecular weight excluding hydrogens is 212 g/mol. The van der Waals surface area contributed by atoms with Crippen LogP contribution >= 0.6 is 0 Å². The Labute approximate surface area is 92.3 Å². The maximum Gasteiger partial charge on any atom is 0.312 e. The SMILES string of the molecule is O=C1OC[C@@H]2[C@@H]3C=C[C@@](C4OCCO4)(O3)[C@H]12. The summed E-state index contributed by atoms with van der Waals surface area (Å²) in [5, 5.41) is 0. The first kappa shape index (κ1) is 9.15. The van der Waals surface area contributed by atoms with Gasteiger partial charge in [0.2, 0.25) is 0 Å². The van der Waals surface area contributed by atoms with E-state index in [-0.39, 0.29) is 23.9 Å². The number of hydrogen-bond donors (Lipinski definition) is 0. The van der Waals surface area contributed by atoms with Gasteiger partial charge in [-0.3, -0.25) is 4.79 Å². The molecule has 3 fully saturated rings. The van der Waals surface area contributed by atoms with Crippen LogP contribution in [0.1, 0.15) is 0 Å². The molecule has 0 aliphatic carbocycles. The number of rotatable bonds is 1. The second-order valence-corrected chi connectivity index (χ2v) is 4.64. The van der Waals surface area contributed by atoms with Gasteiger partial charge >= 0.3 is 5.97 Å². The fourth-order valence-corrected chi connectivity index (χ4v) is 3.21. The van der Waals surface area contributed by atoms with Crippen LogP contribution in [0.15, 0.2) is 12.2 Å². The molecule has 4 heterocycles. The van der Waals surface area contributed by atoms with E-state index in [1.165, 1.54) is 0 Å². The number of esters is 1. The molecule has 5 nitrogen and oxygen atoms in total. The molecular formula is C11H12O5. The lowest BCUT2D eigenvalue weighted by Crippen LogP contribution is -2.48. The van der Waals surface area contributed by atoms with Crippen LogP contribution in [-0.2, 0) is 23.7 Å². The van der Waals surface area contributed by atoms with Gasteiger partial charge in [0.05, 0.1) is 25.9 Å². The molecule has 0 amide bonds. The normalized spacial score (nSPS) is 50.0. The highest BCUT2D eigenvalue weighted by Gasteiger charge is 2.67. The number of ether oxygens (including phenoxy) is 4. The Morgan fingerprint density at radius 2 is 2.12 bits per heavy atom. The van der Waals surface area contributed by atoms with Crippen LogP contribution in [0.4, 0.5) is 0 Å². The summed E-state index contributed by atoms with van der Waals surface area (Å²) in [6.07, 6.45) is 3.42. The van der Waals surface area contributed by atoms with Crippen molar-refractivity contribution in [2.24, 2.45) is 11.8 Å². The predicted molar refractivity (Wildman–Crippen MR) is 50.4 cm³/mol. The van der Waals surface area contributed by atoms with Crippen LogP contribution in [0.2, 0.25) is 0 Å². The van der Waals surface area contributed by atoms with E-state index in [0.717, 1.165) is 0 Å². The van der Waals surface area contributed by atoms with E-state index in [1.54, 1.807) is 0 Å². The van der Waals surface area contributed by atoms with Crippen LogP contribution in [0.5, 0.6) is 0 Å². The van der Waals surface area contributed by atoms with E-state index in [4.69, 9.17) is 18.9 Å². The van der Waals surface area contributed by atoms with Gasteiger partial charge in [-0.05, 0) is 6.08 Å². The summed E-state index contributed by atoms with van der Waals surface area (Å²) < 4.78 is 22.1. The van der Waals surface area contributed by atoms with Gasteiger partial charge in [-0.2, -0.15) is 0 Å². The molecule has 4 atom stereocenters. The fourth-order valence-electron chi connectivity index (χ4n) is 3.21. The van der Waals surface area contributed by atoms with Crippen molar-refractivity contribution in [3.05, 3.63) is 12.2 Å². The smallest absolute Gasteiger partial charge is 0.312 e. The molecule has 2 bridgehead atoms. The number of cyclic esters (lactones) is 1. The number of carbonyl (C=O) groups is 1. The summed E-state index contributed by atoms with van der Waals surface area (Å²) in [6.45, 7) is 1.56. The van der Waals surface area contributed by atoms with Crippen molar-refractivity contribution in [3.63, 3.8) is 0 Å². The van der Waals surface area contributed by atoms with Crippen molar-refractivity contribution < 1.29 is 23.7 Å². The van der Waals surface area contributed by atoms with Crippen LogP contribution in [-0.4, -0.2) is 43.8 Å². The summed E-state index contributed by atoms with van der Waals surface area (Å²) in [6, 6.07) is 0. The molecule has 0 N–H and O–H groups in total. The first-order chi connectivity index (χ1) is 7.81. The largest absolute Gasteiger partial charge is 0.465 e. The lowest BCUT2D eigenvalue weighted by Gasteiger charge is -2.31. The van der Waals surface area contributed by atoms with Gasteiger partial charge in [0.15, 0.2) is 11.9 Å². The van der Waals surface area contributed by atoms with Crippen molar-refractivity contribution in [2.75, 3.05) is 19.8 Å². The number of fused-ring (bicyclic) bond motifs is 5. The van der Waals surface area contributed by atoms with Crippen molar-refractivity contribution in [1.82, 2.24) is 0 Å². The number of carbonyl (C=O) groups excluding carboxylic acids is 1. The highest BCUT2D eigenvalue weighted by atomic mass is 16.7. The minimum atomic E-state index is -0.737. The van der Waals surface area contributed by atoms with Gasteiger partial charge in [0.25, 0.3) is 0 Å². The molecule has 0 saturated carbocycles. The minimum Gasteiger partial charge on any atom is -0.465 e. The summed E-state index contributed by atoms with van der Waals surface area (Å²) in [5.74, 6) is -0.313. The molecule has 5 heteroatoms. The standard InChI is InChI=1S/C11H12O5/c12-9-8-6(5-15-9)7-1-2-11(8,16-7)10-13-3-4-14-10/h1-2,6-8,10H,3-5H2/t6-,7+,8+,11-/m1/s1. The zero-order valence-electron chi connectivity index (χ0n) is 8.63. The third kappa shape index (κ3) is 0.901. The summed E-state index contributed by atoms with van der Waals surface area (Å²) in [7, 11) is 0. The first-order valence-electron chi connectivity index (χ1n) is 5.58. The third-order valence-electron chi connectivity index (χ3n) is 3.88. The van der Waals surface area contributed by atoms with Crippen LogP contribution in [0, 0.1) is 11.8 Å². The second-order valence-electron chi connectivity index (χ2n) is 4.64. The van der Waals surface area contributed by atoms with Crippen molar-refractivity contribution >= 4 is 5.97 Å². The summed E-state index contributed by atoms with van der Waals surface area (Å²) >= 11 is 0. The molecule has 4 rings (SSSR count). The van der Waals surface area contributed by atoms with E-state index < -0.39 is 11.9 Å². The van der Waals surface area contributed by atoms with Gasteiger partial charge in [0, 0.05) is 5.92 Å². The maximum atomic E-state index is 11.8. The van der Waals surface area contributed by atoms with Gasteiger partial charge < -0.3 is 18.9 Å². The molecule has 0 aromatic rings. The molecule has 0 unspecified atom stereocenters. The summed E-state index contributed by atoms with van der Waals surface area (Å²) in [4.78, 5) is 11.8. The first-order valence-corrected chi connectivity index (χ1v) is 5.58. The zero-order valence-corrected chi connectivity index (χ0v) is 8.63. The third-order valence-corrected chi connectivity index (χ3v) is 3.88. The Kier molecular flexibility index (Phi) is 1.63. The Balaban J connectivity index is 1.76. The monoisotopic (exact) mass is 224 g/mol. The fraction of sp³-hybridized carbons (Fsp3) is 0.727. The van der Waals surface area contributed by atoms with Gasteiger partial charge in [0.1, 0.15) is 5.92 Å². The topological polar surface area (TPSA) is 54.0 Å². The van der Waals surface area contributed by atoms with E-state index in [0.29, 0.717) is 19.8 Å². The van der Waals surface area contributed by atoms with Crippen molar-refractivity contribution in [3.8, 4) is 0 Å². The van der Waals surface area contributed by atoms with Gasteiger partial charge in [-0.25, -0.2) is 0 Å². The predicted octanol–water partition coefficient (Wildman–Crippen LogP) is -0.144. The molecule has 4 aliphatic heterocycles. The van der Waals surface area contributed by atoms with E-state index in [9.17, 15) is 4.79 Å². The molecule has 0 aromatic carbocycles. The molecule has 86 valence electrons. The van der Waals surface area contributed by atoms with E-state index in [2.05, 4.69) is 0 Å². The molecule has 0 radical (unpaired) electrons. The van der Waals surface area contributed by atoms with Crippen LogP contribution in [0.3, 0.4) is 0 Å². The lowest BCUT2D eigenvalue weighted by molar-refractivity contribution is -0.187. The molecule has 0 spiro atoms. The van der Waals surface area contributed by atoms with E-state index in [1.807, 2.05) is 12.2 Å². The molecule has 4 aliphatic rings. The average Bonchev–Trinajstić information content (AvgIpc) is 2.99. The maximum absolute atomic E-state index is 11.8. The Bertz CT molecular complexity index is 373. The van der Waals surface area contributed by atoms with Crippen molar-refractivity contribution in [1.29, 1.82) is 0 Å². The van der Waals surface area contributed by atoms with Gasteiger partial charge in [-0.1, -0.05) is 6.08 Å². The average molecular weight is 224 g/mol. The van der Waals surface area contributed by atoms with Crippen molar-refractivity contribution in [2.45, 2.75) is 18.0 Å². The highest BCUT2D eigenvalue weighted by Crippen LogP contribution is 2.53.